The number of carbonyl (C=O) groups is 2. The molecule has 1 aliphatic heterocycles. The summed E-state index contributed by atoms with van der Waals surface area (Å²) in [5.74, 6) is -0.841. The van der Waals surface area contributed by atoms with E-state index in [0.717, 1.165) is 37.2 Å². The third-order valence-corrected chi connectivity index (χ3v) is 4.57. The molecule has 0 saturated carbocycles. The van der Waals surface area contributed by atoms with Crippen LogP contribution in [0.15, 0.2) is 23.1 Å². The fraction of sp³-hybridized carbons (Fsp3) is 0.429. The van der Waals surface area contributed by atoms with Crippen molar-refractivity contribution in [3.8, 4) is 0 Å². The zero-order valence-electron chi connectivity index (χ0n) is 12.8. The third-order valence-electron chi connectivity index (χ3n) is 3.51. The number of halogens is 1. The Bertz CT molecular complexity index is 623. The first kappa shape index (κ1) is 20.2. The normalized spacial score (nSPS) is 16.2. The maximum atomic E-state index is 11.8. The monoisotopic (exact) mass is 374 g/mol. The summed E-state index contributed by atoms with van der Waals surface area (Å²) in [5, 5.41) is 17.2. The van der Waals surface area contributed by atoms with Crippen molar-refractivity contribution in [3.63, 3.8) is 0 Å². The average molecular weight is 375 g/mol. The van der Waals surface area contributed by atoms with E-state index < -0.39 is 10.8 Å². The summed E-state index contributed by atoms with van der Waals surface area (Å²) in [4.78, 5) is 33.7. The van der Waals surface area contributed by atoms with Crippen molar-refractivity contribution >= 4 is 41.7 Å². The van der Waals surface area contributed by atoms with Crippen molar-refractivity contribution < 1.29 is 14.5 Å². The first-order valence-electron chi connectivity index (χ1n) is 7.18. The van der Waals surface area contributed by atoms with E-state index in [1.807, 2.05) is 0 Å². The second-order valence-corrected chi connectivity index (χ2v) is 6.21. The number of thioether (sulfide) groups is 1. The highest BCUT2D eigenvalue weighted by Gasteiger charge is 2.19. The van der Waals surface area contributed by atoms with Crippen LogP contribution in [0.4, 0.5) is 5.69 Å². The number of hydrogen-bond donors (Lipinski definition) is 3. The van der Waals surface area contributed by atoms with Crippen LogP contribution in [0.2, 0.25) is 0 Å². The smallest absolute Gasteiger partial charge is 0.283 e. The van der Waals surface area contributed by atoms with Gasteiger partial charge in [-0.15, -0.1) is 24.2 Å². The van der Waals surface area contributed by atoms with E-state index in [1.54, 1.807) is 0 Å². The molecule has 0 aliphatic carbocycles. The molecule has 1 saturated heterocycles. The summed E-state index contributed by atoms with van der Waals surface area (Å²) < 4.78 is 0. The lowest BCUT2D eigenvalue weighted by Crippen LogP contribution is -2.37. The second-order valence-electron chi connectivity index (χ2n) is 5.19. The van der Waals surface area contributed by atoms with Gasteiger partial charge in [0.25, 0.3) is 5.69 Å². The fourth-order valence-electron chi connectivity index (χ4n) is 2.30. The summed E-state index contributed by atoms with van der Waals surface area (Å²) in [6.45, 7) is 1.52. The minimum Gasteiger partial charge on any atom is -0.366 e. The topological polar surface area (TPSA) is 127 Å². The van der Waals surface area contributed by atoms with E-state index in [9.17, 15) is 19.7 Å². The molecule has 1 aromatic carbocycles. The van der Waals surface area contributed by atoms with Gasteiger partial charge in [-0.05, 0) is 31.5 Å². The van der Waals surface area contributed by atoms with Gasteiger partial charge in [-0.2, -0.15) is 0 Å². The lowest BCUT2D eigenvalue weighted by Gasteiger charge is -2.11. The Morgan fingerprint density at radius 2 is 2.21 bits per heavy atom. The van der Waals surface area contributed by atoms with E-state index in [4.69, 9.17) is 5.73 Å². The van der Waals surface area contributed by atoms with Crippen molar-refractivity contribution in [2.45, 2.75) is 23.8 Å². The molecule has 2 amide bonds. The van der Waals surface area contributed by atoms with Crippen molar-refractivity contribution in [2.75, 3.05) is 18.8 Å². The molecule has 0 bridgehead atoms. The van der Waals surface area contributed by atoms with E-state index in [1.165, 1.54) is 12.1 Å². The molecule has 24 heavy (non-hydrogen) atoms. The van der Waals surface area contributed by atoms with E-state index in [-0.39, 0.29) is 35.3 Å². The molecule has 8 nitrogen and oxygen atoms in total. The molecule has 1 atom stereocenters. The van der Waals surface area contributed by atoms with Crippen molar-refractivity contribution in [1.82, 2.24) is 10.6 Å². The molecule has 0 spiro atoms. The van der Waals surface area contributed by atoms with Crippen LogP contribution in [-0.2, 0) is 4.79 Å². The highest BCUT2D eigenvalue weighted by atomic mass is 35.5. The molecule has 1 aliphatic rings. The summed E-state index contributed by atoms with van der Waals surface area (Å²) >= 11 is 1.06. The minimum absolute atomic E-state index is 0. The van der Waals surface area contributed by atoms with Crippen LogP contribution in [0.5, 0.6) is 0 Å². The average Bonchev–Trinajstić information content (AvgIpc) is 3.03. The molecule has 1 aromatic rings. The van der Waals surface area contributed by atoms with Gasteiger partial charge in [0.15, 0.2) is 0 Å². The molecule has 1 unspecified atom stereocenters. The van der Waals surface area contributed by atoms with Gasteiger partial charge in [0.05, 0.1) is 15.6 Å². The second kappa shape index (κ2) is 9.45. The number of nitrogens with zero attached hydrogens (tertiary/aromatic N) is 1. The van der Waals surface area contributed by atoms with Gasteiger partial charge in [-0.3, -0.25) is 19.7 Å². The van der Waals surface area contributed by atoms with E-state index in [2.05, 4.69) is 10.6 Å². The Kier molecular flexibility index (Phi) is 7.96. The first-order chi connectivity index (χ1) is 11.0. The largest absolute Gasteiger partial charge is 0.366 e. The Labute approximate surface area is 149 Å². The number of nitrogens with one attached hydrogen (secondary N) is 2. The number of carbonyl (C=O) groups excluding carboxylic acids is 2. The number of rotatable bonds is 7. The van der Waals surface area contributed by atoms with Gasteiger partial charge in [-0.1, -0.05) is 0 Å². The number of nitro groups is 1. The van der Waals surface area contributed by atoms with Crippen LogP contribution >= 0.6 is 24.2 Å². The van der Waals surface area contributed by atoms with Crippen molar-refractivity contribution in [2.24, 2.45) is 5.73 Å². The zero-order chi connectivity index (χ0) is 16.8. The summed E-state index contributed by atoms with van der Waals surface area (Å²) in [7, 11) is 0. The van der Waals surface area contributed by atoms with Crippen molar-refractivity contribution in [1.29, 1.82) is 0 Å². The molecular formula is C14H19ClN4O4S. The summed E-state index contributed by atoms with van der Waals surface area (Å²) in [6.07, 6.45) is 2.14. The summed E-state index contributed by atoms with van der Waals surface area (Å²) in [5.41, 5.74) is 4.96. The van der Waals surface area contributed by atoms with Crippen molar-refractivity contribution in [3.05, 3.63) is 33.9 Å². The van der Waals surface area contributed by atoms with Gasteiger partial charge in [0.1, 0.15) is 0 Å². The third kappa shape index (κ3) is 5.66. The number of nitrogens with two attached hydrogens (primary N) is 1. The molecule has 1 heterocycles. The predicted octanol–water partition coefficient (Wildman–Crippen LogP) is 1.08. The van der Waals surface area contributed by atoms with Crippen LogP contribution in [0, 0.1) is 10.1 Å². The van der Waals surface area contributed by atoms with Gasteiger partial charge in [0, 0.05) is 24.2 Å². The van der Waals surface area contributed by atoms with Gasteiger partial charge in [0.2, 0.25) is 11.8 Å². The van der Waals surface area contributed by atoms with Crippen LogP contribution in [0.25, 0.3) is 0 Å². The van der Waals surface area contributed by atoms with Gasteiger partial charge in [-0.25, -0.2) is 0 Å². The molecular weight excluding hydrogens is 356 g/mol. The Morgan fingerprint density at radius 3 is 2.79 bits per heavy atom. The fourth-order valence-corrected chi connectivity index (χ4v) is 3.13. The van der Waals surface area contributed by atoms with Crippen LogP contribution in [0.1, 0.15) is 23.2 Å². The molecule has 4 N–H and O–H groups in total. The number of amides is 2. The number of hydrogen-bond acceptors (Lipinski definition) is 6. The number of nitro benzene ring substituents is 1. The maximum Gasteiger partial charge on any atom is 0.283 e. The van der Waals surface area contributed by atoms with Gasteiger partial charge >= 0.3 is 0 Å². The van der Waals surface area contributed by atoms with E-state index in [0.29, 0.717) is 17.5 Å². The lowest BCUT2D eigenvalue weighted by molar-refractivity contribution is -0.387. The quantitative estimate of drug-likeness (QED) is 0.372. The van der Waals surface area contributed by atoms with Gasteiger partial charge < -0.3 is 16.4 Å². The molecule has 10 heteroatoms. The number of benzene rings is 1. The summed E-state index contributed by atoms with van der Waals surface area (Å²) in [6, 6.07) is 4.28. The zero-order valence-corrected chi connectivity index (χ0v) is 14.5. The highest BCUT2D eigenvalue weighted by molar-refractivity contribution is 8.00. The number of primary amides is 1. The predicted molar refractivity (Wildman–Crippen MR) is 93.6 cm³/mol. The highest BCUT2D eigenvalue weighted by Crippen LogP contribution is 2.29. The van der Waals surface area contributed by atoms with Crippen LogP contribution in [0.3, 0.4) is 0 Å². The molecule has 0 radical (unpaired) electrons. The molecule has 0 aromatic heterocycles. The maximum absolute atomic E-state index is 11.8. The molecule has 1 fully saturated rings. The molecule has 2 rings (SSSR count). The lowest BCUT2D eigenvalue weighted by atomic mass is 10.2. The Morgan fingerprint density at radius 1 is 1.46 bits per heavy atom. The standard InChI is InChI=1S/C14H18N4O4S.ClH/c15-14(20)9-3-4-12(11(6-9)18(21)22)23-8-13(19)17-7-10-2-1-5-16-10;/h3-4,6,10,16H,1-2,5,7-8H2,(H2,15,20)(H,17,19);1H. The first-order valence-corrected chi connectivity index (χ1v) is 8.17. The van der Waals surface area contributed by atoms with Crippen LogP contribution in [-0.4, -0.2) is 41.6 Å². The van der Waals surface area contributed by atoms with Crippen LogP contribution < -0.4 is 16.4 Å². The van der Waals surface area contributed by atoms with E-state index >= 15 is 0 Å². The Balaban J connectivity index is 0.00000288. The minimum atomic E-state index is -0.730. The Hall–Kier alpha value is -1.84. The SMILES string of the molecule is Cl.NC(=O)c1ccc(SCC(=O)NCC2CCCN2)c([N+](=O)[O-])c1. The molecule has 132 valence electrons.